The van der Waals surface area contributed by atoms with Gasteiger partial charge in [-0.05, 0) is 22.3 Å². The molecule has 0 spiro atoms. The lowest BCUT2D eigenvalue weighted by molar-refractivity contribution is 0.409. The SMILES string of the molecule is CS(=O)(=O)N1Cc2ccccc2-c2ccccc2C1. The molecule has 2 aromatic carbocycles. The van der Waals surface area contributed by atoms with Crippen molar-refractivity contribution in [3.63, 3.8) is 0 Å². The Morgan fingerprint density at radius 1 is 0.842 bits per heavy atom. The zero-order chi connectivity index (χ0) is 13.5. The van der Waals surface area contributed by atoms with Crippen LogP contribution >= 0.6 is 0 Å². The van der Waals surface area contributed by atoms with E-state index in [1.807, 2.05) is 36.4 Å². The molecule has 19 heavy (non-hydrogen) atoms. The Morgan fingerprint density at radius 3 is 1.68 bits per heavy atom. The van der Waals surface area contributed by atoms with E-state index in [0.717, 1.165) is 22.3 Å². The van der Waals surface area contributed by atoms with Gasteiger partial charge in [0, 0.05) is 13.1 Å². The molecule has 0 unspecified atom stereocenters. The minimum Gasteiger partial charge on any atom is -0.212 e. The molecule has 0 aliphatic carbocycles. The van der Waals surface area contributed by atoms with Crippen molar-refractivity contribution >= 4 is 10.0 Å². The maximum absolute atomic E-state index is 11.9. The van der Waals surface area contributed by atoms with Crippen molar-refractivity contribution in [1.82, 2.24) is 4.31 Å². The minimum atomic E-state index is -3.20. The van der Waals surface area contributed by atoms with Crippen LogP contribution in [0.4, 0.5) is 0 Å². The van der Waals surface area contributed by atoms with Crippen molar-refractivity contribution in [1.29, 1.82) is 0 Å². The molecule has 1 aliphatic rings. The first-order chi connectivity index (χ1) is 9.05. The highest BCUT2D eigenvalue weighted by atomic mass is 32.2. The van der Waals surface area contributed by atoms with Crippen LogP contribution in [0.15, 0.2) is 48.5 Å². The highest BCUT2D eigenvalue weighted by molar-refractivity contribution is 7.88. The van der Waals surface area contributed by atoms with Crippen LogP contribution in [0, 0.1) is 0 Å². The quantitative estimate of drug-likeness (QED) is 0.801. The molecule has 0 aromatic heterocycles. The van der Waals surface area contributed by atoms with E-state index < -0.39 is 10.0 Å². The van der Waals surface area contributed by atoms with Crippen molar-refractivity contribution in [3.05, 3.63) is 59.7 Å². The molecule has 0 amide bonds. The van der Waals surface area contributed by atoms with E-state index in [4.69, 9.17) is 0 Å². The molecular weight excluding hydrogens is 258 g/mol. The first kappa shape index (κ1) is 12.4. The molecule has 98 valence electrons. The summed E-state index contributed by atoms with van der Waals surface area (Å²) < 4.78 is 25.3. The largest absolute Gasteiger partial charge is 0.212 e. The molecular formula is C15H15NO2S. The summed E-state index contributed by atoms with van der Waals surface area (Å²) in [5.41, 5.74) is 4.37. The van der Waals surface area contributed by atoms with Gasteiger partial charge in [0.15, 0.2) is 0 Å². The second kappa shape index (κ2) is 4.47. The summed E-state index contributed by atoms with van der Waals surface area (Å²) in [5.74, 6) is 0. The van der Waals surface area contributed by atoms with Gasteiger partial charge < -0.3 is 0 Å². The molecule has 3 nitrogen and oxygen atoms in total. The van der Waals surface area contributed by atoms with Crippen molar-refractivity contribution in [3.8, 4) is 11.1 Å². The van der Waals surface area contributed by atoms with E-state index in [1.165, 1.54) is 10.6 Å². The second-order valence-electron chi connectivity index (χ2n) is 4.85. The van der Waals surface area contributed by atoms with Gasteiger partial charge in [0.25, 0.3) is 0 Å². The molecule has 1 aliphatic heterocycles. The molecule has 0 N–H and O–H groups in total. The number of sulfonamides is 1. The first-order valence-electron chi connectivity index (χ1n) is 6.17. The highest BCUT2D eigenvalue weighted by Gasteiger charge is 2.24. The number of fused-ring (bicyclic) bond motifs is 3. The maximum Gasteiger partial charge on any atom is 0.211 e. The average molecular weight is 273 g/mol. The van der Waals surface area contributed by atoms with Crippen LogP contribution < -0.4 is 0 Å². The van der Waals surface area contributed by atoms with Crippen molar-refractivity contribution < 1.29 is 8.42 Å². The Bertz CT molecular complexity index is 675. The van der Waals surface area contributed by atoms with Crippen molar-refractivity contribution in [2.24, 2.45) is 0 Å². The maximum atomic E-state index is 11.9. The summed E-state index contributed by atoms with van der Waals surface area (Å²) in [5, 5.41) is 0. The molecule has 0 fully saturated rings. The van der Waals surface area contributed by atoms with Crippen LogP contribution in [-0.2, 0) is 23.1 Å². The molecule has 4 heteroatoms. The summed E-state index contributed by atoms with van der Waals surface area (Å²) >= 11 is 0. The van der Waals surface area contributed by atoms with Gasteiger partial charge in [-0.3, -0.25) is 0 Å². The molecule has 0 saturated heterocycles. The predicted octanol–water partition coefficient (Wildman–Crippen LogP) is 2.63. The lowest BCUT2D eigenvalue weighted by Gasteiger charge is -2.18. The van der Waals surface area contributed by atoms with E-state index in [0.29, 0.717) is 13.1 Å². The topological polar surface area (TPSA) is 37.4 Å². The summed E-state index contributed by atoms with van der Waals surface area (Å²) in [4.78, 5) is 0. The van der Waals surface area contributed by atoms with Crippen LogP contribution in [0.1, 0.15) is 11.1 Å². The summed E-state index contributed by atoms with van der Waals surface area (Å²) in [6.07, 6.45) is 1.27. The third-order valence-electron chi connectivity index (χ3n) is 3.49. The fraction of sp³-hybridized carbons (Fsp3) is 0.200. The van der Waals surface area contributed by atoms with E-state index in [9.17, 15) is 8.42 Å². The minimum absolute atomic E-state index is 0.434. The van der Waals surface area contributed by atoms with Gasteiger partial charge in [-0.2, -0.15) is 4.31 Å². The van der Waals surface area contributed by atoms with E-state index in [1.54, 1.807) is 0 Å². The second-order valence-corrected chi connectivity index (χ2v) is 6.83. The van der Waals surface area contributed by atoms with Gasteiger partial charge in [-0.15, -0.1) is 0 Å². The summed E-state index contributed by atoms with van der Waals surface area (Å²) in [6.45, 7) is 0.868. The molecule has 0 saturated carbocycles. The zero-order valence-electron chi connectivity index (χ0n) is 10.7. The summed E-state index contributed by atoms with van der Waals surface area (Å²) in [6, 6.07) is 16.0. The van der Waals surface area contributed by atoms with Crippen molar-refractivity contribution in [2.45, 2.75) is 13.1 Å². The molecule has 3 rings (SSSR count). The Morgan fingerprint density at radius 2 is 1.26 bits per heavy atom. The Hall–Kier alpha value is -1.65. The van der Waals surface area contributed by atoms with Crippen LogP contribution in [0.3, 0.4) is 0 Å². The summed E-state index contributed by atoms with van der Waals surface area (Å²) in [7, 11) is -3.20. The third-order valence-corrected chi connectivity index (χ3v) is 4.68. The lowest BCUT2D eigenvalue weighted by Crippen LogP contribution is -2.28. The van der Waals surface area contributed by atoms with Gasteiger partial charge in [0.2, 0.25) is 10.0 Å². The number of rotatable bonds is 1. The standard InChI is InChI=1S/C15H15NO2S/c1-19(17,18)16-10-12-6-2-4-8-14(12)15-9-5-3-7-13(15)11-16/h2-9H,10-11H2,1H3. The van der Waals surface area contributed by atoms with Gasteiger partial charge in [-0.25, -0.2) is 8.42 Å². The molecule has 1 heterocycles. The number of benzene rings is 2. The third kappa shape index (κ3) is 2.29. The fourth-order valence-electron chi connectivity index (χ4n) is 2.51. The van der Waals surface area contributed by atoms with E-state index >= 15 is 0 Å². The van der Waals surface area contributed by atoms with Crippen LogP contribution in [-0.4, -0.2) is 19.0 Å². The van der Waals surface area contributed by atoms with Crippen molar-refractivity contribution in [2.75, 3.05) is 6.26 Å². The number of hydrogen-bond acceptors (Lipinski definition) is 2. The Labute approximate surface area is 113 Å². The average Bonchev–Trinajstić information content (AvgIpc) is 2.55. The lowest BCUT2D eigenvalue weighted by atomic mass is 9.97. The molecule has 0 atom stereocenters. The number of nitrogens with zero attached hydrogens (tertiary/aromatic N) is 1. The molecule has 2 aromatic rings. The van der Waals surface area contributed by atoms with E-state index in [-0.39, 0.29) is 0 Å². The molecule has 0 bridgehead atoms. The zero-order valence-corrected chi connectivity index (χ0v) is 11.5. The van der Waals surface area contributed by atoms with Gasteiger partial charge >= 0.3 is 0 Å². The smallest absolute Gasteiger partial charge is 0.211 e. The monoisotopic (exact) mass is 273 g/mol. The first-order valence-corrected chi connectivity index (χ1v) is 8.02. The van der Waals surface area contributed by atoms with E-state index in [2.05, 4.69) is 12.1 Å². The Balaban J connectivity index is 2.24. The highest BCUT2D eigenvalue weighted by Crippen LogP contribution is 2.32. The van der Waals surface area contributed by atoms with Gasteiger partial charge in [0.1, 0.15) is 0 Å². The van der Waals surface area contributed by atoms with Crippen LogP contribution in [0.2, 0.25) is 0 Å². The van der Waals surface area contributed by atoms with Gasteiger partial charge in [0.05, 0.1) is 6.26 Å². The van der Waals surface area contributed by atoms with Crippen LogP contribution in [0.5, 0.6) is 0 Å². The fourth-order valence-corrected chi connectivity index (χ4v) is 3.26. The predicted molar refractivity (Wildman–Crippen MR) is 76.0 cm³/mol. The van der Waals surface area contributed by atoms with Crippen LogP contribution in [0.25, 0.3) is 11.1 Å². The Kier molecular flexibility index (Phi) is 2.92. The van der Waals surface area contributed by atoms with Gasteiger partial charge in [-0.1, -0.05) is 48.5 Å². The number of hydrogen-bond donors (Lipinski definition) is 0. The molecule has 0 radical (unpaired) electrons. The normalized spacial score (nSPS) is 15.4.